The van der Waals surface area contributed by atoms with E-state index in [4.69, 9.17) is 11.6 Å². The minimum absolute atomic E-state index is 0.232. The van der Waals surface area contributed by atoms with E-state index in [0.29, 0.717) is 0 Å². The molecule has 0 aromatic heterocycles. The molecule has 0 nitrogen and oxygen atoms in total. The number of halogens is 1. The highest BCUT2D eigenvalue weighted by molar-refractivity contribution is 6.26. The number of alkyl halides is 1. The number of hydrogen-bond donors (Lipinski definition) is 0. The van der Waals surface area contributed by atoms with Gasteiger partial charge in [-0.05, 0) is 18.8 Å². The van der Waals surface area contributed by atoms with Crippen molar-refractivity contribution in [3.63, 3.8) is 0 Å². The van der Waals surface area contributed by atoms with Crippen LogP contribution < -0.4 is 0 Å². The second-order valence-electron chi connectivity index (χ2n) is 3.24. The van der Waals surface area contributed by atoms with Gasteiger partial charge in [-0.1, -0.05) is 26.7 Å². The van der Waals surface area contributed by atoms with Crippen LogP contribution in [0.15, 0.2) is 0 Å². The van der Waals surface area contributed by atoms with Gasteiger partial charge >= 0.3 is 0 Å². The van der Waals surface area contributed by atoms with Crippen LogP contribution in [0.5, 0.6) is 0 Å². The van der Waals surface area contributed by atoms with Gasteiger partial charge in [0.2, 0.25) is 0 Å². The van der Waals surface area contributed by atoms with E-state index in [-0.39, 0.29) is 4.87 Å². The number of hydrogen-bond acceptors (Lipinski definition) is 0. The van der Waals surface area contributed by atoms with Gasteiger partial charge in [-0.25, -0.2) is 0 Å². The quantitative estimate of drug-likeness (QED) is 0.537. The molecule has 1 saturated carbocycles. The monoisotopic (exact) mass is 146 g/mol. The van der Waals surface area contributed by atoms with E-state index < -0.39 is 0 Å². The molecule has 9 heavy (non-hydrogen) atoms. The molecular weight excluding hydrogens is 132 g/mol. The predicted octanol–water partition coefficient (Wildman–Crippen LogP) is 3.19. The number of unbranched alkanes of at least 4 members (excludes halogenated alkanes) is 1. The summed E-state index contributed by atoms with van der Waals surface area (Å²) in [6.45, 7) is 4.45. The molecule has 1 aliphatic carbocycles. The largest absolute Gasteiger partial charge is 0.119 e. The molecule has 1 heteroatoms. The standard InChI is InChI=1S/C8H15Cl/c1-3-4-5-8(9)6-7(8)2/h7H,3-6H2,1-2H3. The molecule has 0 saturated heterocycles. The molecule has 0 amide bonds. The fourth-order valence-electron chi connectivity index (χ4n) is 1.27. The highest BCUT2D eigenvalue weighted by Crippen LogP contribution is 2.52. The van der Waals surface area contributed by atoms with Crippen LogP contribution in [-0.4, -0.2) is 4.87 Å². The first-order chi connectivity index (χ1) is 4.19. The molecule has 2 unspecified atom stereocenters. The van der Waals surface area contributed by atoms with Crippen LogP contribution in [0, 0.1) is 5.92 Å². The van der Waals surface area contributed by atoms with Crippen molar-refractivity contribution >= 4 is 11.6 Å². The maximum Gasteiger partial charge on any atom is 0.0476 e. The molecule has 0 radical (unpaired) electrons. The maximum absolute atomic E-state index is 6.17. The Hall–Kier alpha value is 0.290. The first kappa shape index (κ1) is 7.40. The summed E-state index contributed by atoms with van der Waals surface area (Å²) < 4.78 is 0. The normalized spacial score (nSPS) is 41.0. The highest BCUT2D eigenvalue weighted by atomic mass is 35.5. The minimum atomic E-state index is 0.232. The first-order valence-electron chi connectivity index (χ1n) is 3.88. The zero-order valence-corrected chi connectivity index (χ0v) is 7.04. The molecule has 0 aromatic rings. The Morgan fingerprint density at radius 2 is 2.22 bits per heavy atom. The van der Waals surface area contributed by atoms with Crippen LogP contribution in [0.4, 0.5) is 0 Å². The Morgan fingerprint density at radius 1 is 1.67 bits per heavy atom. The molecule has 0 aromatic carbocycles. The van der Waals surface area contributed by atoms with E-state index in [1.54, 1.807) is 0 Å². The number of rotatable bonds is 3. The molecule has 0 heterocycles. The fourth-order valence-corrected chi connectivity index (χ4v) is 1.63. The summed E-state index contributed by atoms with van der Waals surface area (Å²) in [5, 5.41) is 0. The second kappa shape index (κ2) is 2.49. The lowest BCUT2D eigenvalue weighted by atomic mass is 10.1. The average Bonchev–Trinajstić information content (AvgIpc) is 2.38. The van der Waals surface area contributed by atoms with E-state index >= 15 is 0 Å². The van der Waals surface area contributed by atoms with Crippen molar-refractivity contribution in [1.29, 1.82) is 0 Å². The Bertz CT molecular complexity index is 101. The minimum Gasteiger partial charge on any atom is -0.119 e. The molecule has 1 rings (SSSR count). The third kappa shape index (κ3) is 1.61. The van der Waals surface area contributed by atoms with E-state index in [9.17, 15) is 0 Å². The van der Waals surface area contributed by atoms with Gasteiger partial charge in [0.05, 0.1) is 0 Å². The topological polar surface area (TPSA) is 0 Å². The highest BCUT2D eigenvalue weighted by Gasteiger charge is 2.48. The summed E-state index contributed by atoms with van der Waals surface area (Å²) in [4.78, 5) is 0.232. The first-order valence-corrected chi connectivity index (χ1v) is 4.26. The predicted molar refractivity (Wildman–Crippen MR) is 41.9 cm³/mol. The molecule has 0 aliphatic heterocycles. The van der Waals surface area contributed by atoms with Crippen molar-refractivity contribution in [2.75, 3.05) is 0 Å². The van der Waals surface area contributed by atoms with Gasteiger partial charge in [0.15, 0.2) is 0 Å². The van der Waals surface area contributed by atoms with Gasteiger partial charge in [0.1, 0.15) is 0 Å². The molecule has 0 N–H and O–H groups in total. The zero-order valence-electron chi connectivity index (χ0n) is 6.28. The van der Waals surface area contributed by atoms with Crippen LogP contribution in [0.1, 0.15) is 39.5 Å². The molecular formula is C8H15Cl. The lowest BCUT2D eigenvalue weighted by Gasteiger charge is -2.03. The van der Waals surface area contributed by atoms with Crippen molar-refractivity contribution in [1.82, 2.24) is 0 Å². The van der Waals surface area contributed by atoms with Gasteiger partial charge in [-0.2, -0.15) is 0 Å². The molecule has 2 atom stereocenters. The SMILES string of the molecule is CCCCC1(Cl)CC1C. The van der Waals surface area contributed by atoms with Gasteiger partial charge in [-0.15, -0.1) is 11.6 Å². The van der Waals surface area contributed by atoms with Crippen molar-refractivity contribution in [3.8, 4) is 0 Å². The van der Waals surface area contributed by atoms with Crippen molar-refractivity contribution < 1.29 is 0 Å². The third-order valence-corrected chi connectivity index (χ3v) is 3.03. The van der Waals surface area contributed by atoms with Crippen molar-refractivity contribution in [3.05, 3.63) is 0 Å². The Morgan fingerprint density at radius 3 is 2.56 bits per heavy atom. The second-order valence-corrected chi connectivity index (χ2v) is 4.00. The van der Waals surface area contributed by atoms with Gasteiger partial charge in [0.25, 0.3) is 0 Å². The lowest BCUT2D eigenvalue weighted by Crippen LogP contribution is -1.99. The molecule has 0 spiro atoms. The molecule has 1 aliphatic rings. The summed E-state index contributed by atoms with van der Waals surface area (Å²) in [7, 11) is 0. The molecule has 54 valence electrons. The zero-order chi connectivity index (χ0) is 6.91. The smallest absolute Gasteiger partial charge is 0.0476 e. The van der Waals surface area contributed by atoms with Gasteiger partial charge in [0, 0.05) is 4.87 Å². The lowest BCUT2D eigenvalue weighted by molar-refractivity contribution is 0.647. The van der Waals surface area contributed by atoms with Crippen LogP contribution in [-0.2, 0) is 0 Å². The van der Waals surface area contributed by atoms with E-state index in [2.05, 4.69) is 13.8 Å². The molecule has 1 fully saturated rings. The van der Waals surface area contributed by atoms with Crippen LogP contribution in [0.2, 0.25) is 0 Å². The fraction of sp³-hybridized carbons (Fsp3) is 1.00. The summed E-state index contributed by atoms with van der Waals surface area (Å²) in [5.74, 6) is 0.783. The summed E-state index contributed by atoms with van der Waals surface area (Å²) in [5.41, 5.74) is 0. The Balaban J connectivity index is 2.13. The summed E-state index contributed by atoms with van der Waals surface area (Å²) >= 11 is 6.17. The van der Waals surface area contributed by atoms with Gasteiger partial charge in [-0.3, -0.25) is 0 Å². The van der Waals surface area contributed by atoms with E-state index in [0.717, 1.165) is 5.92 Å². The summed E-state index contributed by atoms with van der Waals surface area (Å²) in [6, 6.07) is 0. The van der Waals surface area contributed by atoms with E-state index in [1.165, 1.54) is 25.7 Å². The molecule has 0 bridgehead atoms. The van der Waals surface area contributed by atoms with Crippen molar-refractivity contribution in [2.45, 2.75) is 44.4 Å². The third-order valence-electron chi connectivity index (χ3n) is 2.31. The van der Waals surface area contributed by atoms with Crippen LogP contribution >= 0.6 is 11.6 Å². The Labute approximate surface area is 62.6 Å². The maximum atomic E-state index is 6.17. The van der Waals surface area contributed by atoms with E-state index in [1.807, 2.05) is 0 Å². The van der Waals surface area contributed by atoms with Gasteiger partial charge < -0.3 is 0 Å². The summed E-state index contributed by atoms with van der Waals surface area (Å²) in [6.07, 6.45) is 5.05. The van der Waals surface area contributed by atoms with Crippen molar-refractivity contribution in [2.24, 2.45) is 5.92 Å². The average molecular weight is 147 g/mol. The Kier molecular flexibility index (Phi) is 2.05. The van der Waals surface area contributed by atoms with Crippen LogP contribution in [0.25, 0.3) is 0 Å². The van der Waals surface area contributed by atoms with Crippen LogP contribution in [0.3, 0.4) is 0 Å².